The minimum absolute atomic E-state index is 0.0546. The summed E-state index contributed by atoms with van der Waals surface area (Å²) in [4.78, 5) is 47.3. The van der Waals surface area contributed by atoms with Crippen molar-refractivity contribution in [3.8, 4) is 11.5 Å². The van der Waals surface area contributed by atoms with E-state index in [1.54, 1.807) is 24.3 Å². The average molecular weight is 529 g/mol. The number of carboxylic acids is 1. The number of alkyl halides is 3. The van der Waals surface area contributed by atoms with Gasteiger partial charge in [-0.1, -0.05) is 18.2 Å². The summed E-state index contributed by atoms with van der Waals surface area (Å²) in [7, 11) is 0. The molecule has 1 aliphatic heterocycles. The number of oxazole rings is 1. The van der Waals surface area contributed by atoms with E-state index in [1.165, 1.54) is 36.2 Å². The molecule has 0 saturated carbocycles. The van der Waals surface area contributed by atoms with Gasteiger partial charge in [-0.2, -0.15) is 13.2 Å². The summed E-state index contributed by atoms with van der Waals surface area (Å²) in [5.41, 5.74) is -0.508. The standard InChI is InChI=1S/C25H22F3N5O5/c1-15(24(36)37)13-19(34)33-11-9-32(10-12-33)18-8-7-17(14-29-18)30-22(35)20-21(25(26,27)28)38-23(31-20)16-5-3-2-4-6-16/h2-8,13-14H,9-12H2,1H3,(H,30,35)(H,36,37)/b15-13+. The summed E-state index contributed by atoms with van der Waals surface area (Å²) in [5.74, 6) is -3.95. The average Bonchev–Trinajstić information content (AvgIpc) is 3.36. The zero-order valence-electron chi connectivity index (χ0n) is 20.0. The van der Waals surface area contributed by atoms with Crippen LogP contribution in [-0.2, 0) is 15.8 Å². The van der Waals surface area contributed by atoms with Gasteiger partial charge in [-0.15, -0.1) is 0 Å². The van der Waals surface area contributed by atoms with Crippen molar-refractivity contribution < 1.29 is 37.1 Å². The van der Waals surface area contributed by atoms with Crippen LogP contribution in [0.25, 0.3) is 11.5 Å². The fourth-order valence-electron chi connectivity index (χ4n) is 3.70. The van der Waals surface area contributed by atoms with Crippen LogP contribution < -0.4 is 10.2 Å². The van der Waals surface area contributed by atoms with E-state index < -0.39 is 35.4 Å². The lowest BCUT2D eigenvalue weighted by Gasteiger charge is -2.35. The lowest BCUT2D eigenvalue weighted by molar-refractivity contribution is -0.153. The van der Waals surface area contributed by atoms with Gasteiger partial charge < -0.3 is 24.6 Å². The predicted molar refractivity (Wildman–Crippen MR) is 129 cm³/mol. The Morgan fingerprint density at radius 1 is 1.05 bits per heavy atom. The topological polar surface area (TPSA) is 129 Å². The minimum Gasteiger partial charge on any atom is -0.478 e. The normalized spacial score (nSPS) is 14.4. The summed E-state index contributed by atoms with van der Waals surface area (Å²) < 4.78 is 45.5. The Hall–Kier alpha value is -4.68. The second-order valence-corrected chi connectivity index (χ2v) is 8.36. The van der Waals surface area contributed by atoms with Crippen molar-refractivity contribution in [2.45, 2.75) is 13.1 Å². The number of benzene rings is 1. The molecule has 1 saturated heterocycles. The Bertz CT molecular complexity index is 1360. The SMILES string of the molecule is C/C(=C\C(=O)N1CCN(c2ccc(NC(=O)c3nc(-c4ccccc4)oc3C(F)(F)F)cn2)CC1)C(=O)O. The molecule has 2 aromatic heterocycles. The third kappa shape index (κ3) is 5.99. The molecule has 3 heterocycles. The first-order valence-corrected chi connectivity index (χ1v) is 11.4. The molecular weight excluding hydrogens is 507 g/mol. The number of carbonyl (C=O) groups is 3. The summed E-state index contributed by atoms with van der Waals surface area (Å²) in [6.45, 7) is 2.90. The van der Waals surface area contributed by atoms with Crippen molar-refractivity contribution in [2.24, 2.45) is 0 Å². The van der Waals surface area contributed by atoms with Crippen LogP contribution in [0.4, 0.5) is 24.7 Å². The number of nitrogens with one attached hydrogen (secondary N) is 1. The Morgan fingerprint density at radius 3 is 2.32 bits per heavy atom. The van der Waals surface area contributed by atoms with Gasteiger partial charge >= 0.3 is 12.1 Å². The number of carbonyl (C=O) groups excluding carboxylic acids is 2. The first-order valence-electron chi connectivity index (χ1n) is 11.4. The molecule has 13 heteroatoms. The van der Waals surface area contributed by atoms with Gasteiger partial charge in [0.05, 0.1) is 11.9 Å². The van der Waals surface area contributed by atoms with Crippen LogP contribution in [-0.4, -0.2) is 63.9 Å². The molecule has 0 atom stereocenters. The molecule has 0 radical (unpaired) electrons. The number of aliphatic carboxylic acids is 1. The molecule has 0 unspecified atom stereocenters. The lowest BCUT2D eigenvalue weighted by Crippen LogP contribution is -2.48. The molecule has 10 nitrogen and oxygen atoms in total. The van der Waals surface area contributed by atoms with E-state index in [0.29, 0.717) is 32.0 Å². The Morgan fingerprint density at radius 2 is 1.74 bits per heavy atom. The molecule has 0 bridgehead atoms. The number of anilines is 2. The van der Waals surface area contributed by atoms with Crippen LogP contribution in [0, 0.1) is 0 Å². The number of aromatic nitrogens is 2. The van der Waals surface area contributed by atoms with Crippen LogP contribution in [0.1, 0.15) is 23.2 Å². The molecule has 1 aliphatic rings. The largest absolute Gasteiger partial charge is 0.478 e. The van der Waals surface area contributed by atoms with Gasteiger partial charge in [-0.05, 0) is 31.2 Å². The smallest absolute Gasteiger partial charge is 0.452 e. The molecule has 0 aliphatic carbocycles. The number of nitrogens with zero attached hydrogens (tertiary/aromatic N) is 4. The summed E-state index contributed by atoms with van der Waals surface area (Å²) in [6.07, 6.45) is -2.55. The van der Waals surface area contributed by atoms with Crippen LogP contribution in [0.5, 0.6) is 0 Å². The number of amides is 2. The lowest BCUT2D eigenvalue weighted by atomic mass is 10.2. The van der Waals surface area contributed by atoms with Crippen LogP contribution in [0.3, 0.4) is 0 Å². The Labute approximate surface area is 214 Å². The van der Waals surface area contributed by atoms with Crippen LogP contribution in [0.2, 0.25) is 0 Å². The number of piperazine rings is 1. The number of carboxylic acid groups (broad SMARTS) is 1. The van der Waals surface area contributed by atoms with Crippen molar-refractivity contribution in [3.63, 3.8) is 0 Å². The molecule has 38 heavy (non-hydrogen) atoms. The van der Waals surface area contributed by atoms with E-state index >= 15 is 0 Å². The van der Waals surface area contributed by atoms with Gasteiger partial charge in [0.25, 0.3) is 5.91 Å². The molecule has 1 fully saturated rings. The highest BCUT2D eigenvalue weighted by atomic mass is 19.4. The third-order valence-electron chi connectivity index (χ3n) is 5.72. The number of hydrogen-bond acceptors (Lipinski definition) is 7. The zero-order valence-corrected chi connectivity index (χ0v) is 20.0. The van der Waals surface area contributed by atoms with Gasteiger partial charge in [0.15, 0.2) is 5.69 Å². The second kappa shape index (κ2) is 10.7. The van der Waals surface area contributed by atoms with Gasteiger partial charge in [0.1, 0.15) is 5.82 Å². The molecule has 3 aromatic rings. The van der Waals surface area contributed by atoms with Gasteiger partial charge in [0, 0.05) is 43.4 Å². The quantitative estimate of drug-likeness (QED) is 0.463. The number of halogens is 3. The minimum atomic E-state index is -4.93. The molecule has 2 amide bonds. The number of pyridine rings is 1. The van der Waals surface area contributed by atoms with E-state index in [0.717, 1.165) is 6.08 Å². The maximum Gasteiger partial charge on any atom is 0.452 e. The third-order valence-corrected chi connectivity index (χ3v) is 5.72. The van der Waals surface area contributed by atoms with Crippen molar-refractivity contribution in [2.75, 3.05) is 36.4 Å². The van der Waals surface area contributed by atoms with Crippen LogP contribution >= 0.6 is 0 Å². The monoisotopic (exact) mass is 529 g/mol. The molecule has 4 rings (SSSR count). The van der Waals surface area contributed by atoms with Gasteiger partial charge in [0.2, 0.25) is 17.6 Å². The molecule has 1 aromatic carbocycles. The van der Waals surface area contributed by atoms with Gasteiger partial charge in [-0.3, -0.25) is 9.59 Å². The number of rotatable bonds is 6. The highest BCUT2D eigenvalue weighted by Crippen LogP contribution is 2.35. The van der Waals surface area contributed by atoms with E-state index in [9.17, 15) is 27.6 Å². The van der Waals surface area contributed by atoms with E-state index in [1.807, 2.05) is 4.90 Å². The van der Waals surface area contributed by atoms with Crippen molar-refractivity contribution >= 4 is 29.3 Å². The highest BCUT2D eigenvalue weighted by Gasteiger charge is 2.42. The van der Waals surface area contributed by atoms with Crippen molar-refractivity contribution in [1.29, 1.82) is 0 Å². The predicted octanol–water partition coefficient (Wildman–Crippen LogP) is 3.69. The first kappa shape index (κ1) is 26.4. The van der Waals surface area contributed by atoms with Gasteiger partial charge in [-0.25, -0.2) is 14.8 Å². The molecule has 0 spiro atoms. The zero-order chi connectivity index (χ0) is 27.4. The molecule has 2 N–H and O–H groups in total. The first-order chi connectivity index (χ1) is 18.0. The van der Waals surface area contributed by atoms with Crippen LogP contribution in [0.15, 0.2) is 64.7 Å². The van der Waals surface area contributed by atoms with E-state index in [-0.39, 0.29) is 22.7 Å². The van der Waals surface area contributed by atoms with Crippen molar-refractivity contribution in [1.82, 2.24) is 14.9 Å². The molecular formula is C25H22F3N5O5. The maximum absolute atomic E-state index is 13.5. The second-order valence-electron chi connectivity index (χ2n) is 8.36. The fourth-order valence-corrected chi connectivity index (χ4v) is 3.70. The Balaban J connectivity index is 1.42. The highest BCUT2D eigenvalue weighted by molar-refractivity contribution is 6.04. The maximum atomic E-state index is 13.5. The van der Waals surface area contributed by atoms with Crippen molar-refractivity contribution in [3.05, 3.63) is 71.8 Å². The summed E-state index contributed by atoms with van der Waals surface area (Å²) in [6, 6.07) is 11.0. The van der Waals surface area contributed by atoms with E-state index in [4.69, 9.17) is 9.52 Å². The number of hydrogen-bond donors (Lipinski definition) is 2. The fraction of sp³-hybridized carbons (Fsp3) is 0.240. The summed E-state index contributed by atoms with van der Waals surface area (Å²) in [5, 5.41) is 11.3. The Kier molecular flexibility index (Phi) is 7.46. The summed E-state index contributed by atoms with van der Waals surface area (Å²) >= 11 is 0. The van der Waals surface area contributed by atoms with E-state index in [2.05, 4.69) is 15.3 Å². The molecule has 198 valence electrons.